The van der Waals surface area contributed by atoms with E-state index in [0.717, 1.165) is 16.8 Å². The number of aromatic nitrogens is 2. The van der Waals surface area contributed by atoms with Crippen LogP contribution >= 0.6 is 0 Å². The minimum atomic E-state index is -0.309. The molecule has 0 saturated carbocycles. The molecular formula is C15H19N5O. The number of hydrazine groups is 1. The van der Waals surface area contributed by atoms with E-state index in [2.05, 4.69) is 34.6 Å². The van der Waals surface area contributed by atoms with Crippen LogP contribution in [0.15, 0.2) is 30.6 Å². The van der Waals surface area contributed by atoms with Crippen LogP contribution < -0.4 is 16.6 Å². The second kappa shape index (κ2) is 6.32. The van der Waals surface area contributed by atoms with E-state index in [1.165, 1.54) is 12.4 Å². The first kappa shape index (κ1) is 14.9. The molecule has 0 fully saturated rings. The Morgan fingerprint density at radius 2 is 2.05 bits per heavy atom. The molecular weight excluding hydrogens is 266 g/mol. The molecule has 1 aromatic heterocycles. The van der Waals surface area contributed by atoms with Gasteiger partial charge in [-0.05, 0) is 24.0 Å². The van der Waals surface area contributed by atoms with Crippen molar-refractivity contribution in [2.75, 3.05) is 10.7 Å². The van der Waals surface area contributed by atoms with Gasteiger partial charge in [-0.25, -0.2) is 10.8 Å². The van der Waals surface area contributed by atoms with E-state index in [1.54, 1.807) is 0 Å². The van der Waals surface area contributed by atoms with Gasteiger partial charge in [0, 0.05) is 5.69 Å². The van der Waals surface area contributed by atoms with E-state index in [9.17, 15) is 4.79 Å². The van der Waals surface area contributed by atoms with Crippen molar-refractivity contribution in [1.82, 2.24) is 9.97 Å². The fourth-order valence-corrected chi connectivity index (χ4v) is 2.06. The third-order valence-corrected chi connectivity index (χ3v) is 3.18. The average Bonchev–Trinajstić information content (AvgIpc) is 2.49. The second-order valence-electron chi connectivity index (χ2n) is 5.08. The summed E-state index contributed by atoms with van der Waals surface area (Å²) in [4.78, 5) is 20.3. The lowest BCUT2D eigenvalue weighted by atomic mass is 9.98. The Hall–Kier alpha value is -2.47. The molecule has 4 N–H and O–H groups in total. The molecule has 0 aliphatic carbocycles. The van der Waals surface area contributed by atoms with E-state index in [0.29, 0.717) is 11.7 Å². The number of nitrogens with two attached hydrogens (primary N) is 1. The Balaban J connectivity index is 2.31. The van der Waals surface area contributed by atoms with Crippen molar-refractivity contribution >= 4 is 17.4 Å². The molecule has 6 heteroatoms. The SMILES string of the molecule is Cc1cccc(C(C)C)c1NC(=O)c1cncc(NN)n1. The Bertz CT molecular complexity index is 654. The van der Waals surface area contributed by atoms with Crippen molar-refractivity contribution in [2.45, 2.75) is 26.7 Å². The van der Waals surface area contributed by atoms with Gasteiger partial charge in [0.2, 0.25) is 0 Å². The molecule has 0 radical (unpaired) electrons. The van der Waals surface area contributed by atoms with Gasteiger partial charge in [0.15, 0.2) is 5.82 Å². The van der Waals surface area contributed by atoms with Gasteiger partial charge in [0.1, 0.15) is 5.69 Å². The molecule has 0 saturated heterocycles. The van der Waals surface area contributed by atoms with Crippen LogP contribution in [0.1, 0.15) is 41.4 Å². The zero-order valence-electron chi connectivity index (χ0n) is 12.3. The van der Waals surface area contributed by atoms with Crippen molar-refractivity contribution in [1.29, 1.82) is 0 Å². The van der Waals surface area contributed by atoms with Crippen LogP contribution in [-0.4, -0.2) is 15.9 Å². The maximum Gasteiger partial charge on any atom is 0.275 e. The molecule has 2 aromatic rings. The Morgan fingerprint density at radius 1 is 1.29 bits per heavy atom. The van der Waals surface area contributed by atoms with E-state index in [1.807, 2.05) is 25.1 Å². The summed E-state index contributed by atoms with van der Waals surface area (Å²) in [6.07, 6.45) is 2.85. The third-order valence-electron chi connectivity index (χ3n) is 3.18. The van der Waals surface area contributed by atoms with Crippen LogP contribution in [0.25, 0.3) is 0 Å². The molecule has 1 heterocycles. The molecule has 110 valence electrons. The minimum absolute atomic E-state index is 0.211. The number of nitrogens with zero attached hydrogens (tertiary/aromatic N) is 2. The van der Waals surface area contributed by atoms with Crippen LogP contribution in [0.5, 0.6) is 0 Å². The number of rotatable bonds is 4. The van der Waals surface area contributed by atoms with Gasteiger partial charge < -0.3 is 10.7 Å². The zero-order chi connectivity index (χ0) is 15.4. The fraction of sp³-hybridized carbons (Fsp3) is 0.267. The highest BCUT2D eigenvalue weighted by molar-refractivity contribution is 6.03. The summed E-state index contributed by atoms with van der Waals surface area (Å²) >= 11 is 0. The normalized spacial score (nSPS) is 10.5. The maximum atomic E-state index is 12.3. The topological polar surface area (TPSA) is 92.9 Å². The third kappa shape index (κ3) is 3.35. The molecule has 0 aliphatic rings. The number of para-hydroxylation sites is 1. The molecule has 0 atom stereocenters. The van der Waals surface area contributed by atoms with E-state index < -0.39 is 0 Å². The average molecular weight is 285 g/mol. The molecule has 1 aromatic carbocycles. The van der Waals surface area contributed by atoms with Gasteiger partial charge >= 0.3 is 0 Å². The quantitative estimate of drug-likeness (QED) is 0.592. The zero-order valence-corrected chi connectivity index (χ0v) is 12.3. The number of nitrogen functional groups attached to an aromatic ring is 1. The Morgan fingerprint density at radius 3 is 2.71 bits per heavy atom. The standard InChI is InChI=1S/C15H19N5O/c1-9(2)11-6-4-5-10(3)14(11)19-15(21)12-7-17-8-13(18-12)20-16/h4-9H,16H2,1-3H3,(H,18,20)(H,19,21). The van der Waals surface area contributed by atoms with Crippen LogP contribution in [0, 0.1) is 6.92 Å². The van der Waals surface area contributed by atoms with Gasteiger partial charge in [0.05, 0.1) is 12.4 Å². The second-order valence-corrected chi connectivity index (χ2v) is 5.08. The number of carbonyl (C=O) groups is 1. The summed E-state index contributed by atoms with van der Waals surface area (Å²) in [6, 6.07) is 5.96. The lowest BCUT2D eigenvalue weighted by molar-refractivity contribution is 0.102. The highest BCUT2D eigenvalue weighted by Gasteiger charge is 2.14. The smallest absolute Gasteiger partial charge is 0.275 e. The van der Waals surface area contributed by atoms with E-state index >= 15 is 0 Å². The summed E-state index contributed by atoms with van der Waals surface area (Å²) in [5, 5.41) is 2.92. The molecule has 21 heavy (non-hydrogen) atoms. The lowest BCUT2D eigenvalue weighted by Gasteiger charge is -2.16. The van der Waals surface area contributed by atoms with Gasteiger partial charge in [0.25, 0.3) is 5.91 Å². The molecule has 1 amide bonds. The van der Waals surface area contributed by atoms with Crippen LogP contribution in [0.2, 0.25) is 0 Å². The summed E-state index contributed by atoms with van der Waals surface area (Å²) in [6.45, 7) is 6.14. The lowest BCUT2D eigenvalue weighted by Crippen LogP contribution is -2.18. The number of nitrogens with one attached hydrogen (secondary N) is 2. The number of hydrogen-bond donors (Lipinski definition) is 3. The van der Waals surface area contributed by atoms with Gasteiger partial charge in [-0.3, -0.25) is 9.78 Å². The number of amides is 1. The minimum Gasteiger partial charge on any atom is -0.320 e. The molecule has 6 nitrogen and oxygen atoms in total. The number of hydrogen-bond acceptors (Lipinski definition) is 5. The first-order valence-corrected chi connectivity index (χ1v) is 6.72. The molecule has 0 spiro atoms. The Labute approximate surface area is 123 Å². The highest BCUT2D eigenvalue weighted by atomic mass is 16.1. The number of benzene rings is 1. The first-order valence-electron chi connectivity index (χ1n) is 6.72. The van der Waals surface area contributed by atoms with Crippen molar-refractivity contribution in [3.63, 3.8) is 0 Å². The number of anilines is 2. The molecule has 0 bridgehead atoms. The van der Waals surface area contributed by atoms with Gasteiger partial charge in [-0.2, -0.15) is 0 Å². The monoisotopic (exact) mass is 285 g/mol. The van der Waals surface area contributed by atoms with Crippen LogP contribution in [-0.2, 0) is 0 Å². The van der Waals surface area contributed by atoms with Crippen molar-refractivity contribution in [3.8, 4) is 0 Å². The fourth-order valence-electron chi connectivity index (χ4n) is 2.06. The van der Waals surface area contributed by atoms with Crippen molar-refractivity contribution in [2.24, 2.45) is 5.84 Å². The summed E-state index contributed by atoms with van der Waals surface area (Å²) in [5.41, 5.74) is 5.51. The van der Waals surface area contributed by atoms with E-state index in [4.69, 9.17) is 5.84 Å². The molecule has 0 unspecified atom stereocenters. The van der Waals surface area contributed by atoms with Gasteiger partial charge in [-0.1, -0.05) is 32.0 Å². The summed E-state index contributed by atoms with van der Waals surface area (Å²) in [7, 11) is 0. The predicted octanol–water partition coefficient (Wildman–Crippen LogP) is 2.45. The largest absolute Gasteiger partial charge is 0.320 e. The number of aryl methyl sites for hydroxylation is 1. The van der Waals surface area contributed by atoms with Crippen LogP contribution in [0.3, 0.4) is 0 Å². The molecule has 0 aliphatic heterocycles. The van der Waals surface area contributed by atoms with E-state index in [-0.39, 0.29) is 11.6 Å². The summed E-state index contributed by atoms with van der Waals surface area (Å²) < 4.78 is 0. The maximum absolute atomic E-state index is 12.3. The number of carbonyl (C=O) groups excluding carboxylic acids is 1. The Kier molecular flexibility index (Phi) is 4.49. The van der Waals surface area contributed by atoms with Crippen molar-refractivity contribution < 1.29 is 4.79 Å². The van der Waals surface area contributed by atoms with Crippen molar-refractivity contribution in [3.05, 3.63) is 47.4 Å². The predicted molar refractivity (Wildman–Crippen MR) is 83.1 cm³/mol. The van der Waals surface area contributed by atoms with Crippen LogP contribution in [0.4, 0.5) is 11.5 Å². The highest BCUT2D eigenvalue weighted by Crippen LogP contribution is 2.27. The first-order chi connectivity index (χ1) is 10.0. The summed E-state index contributed by atoms with van der Waals surface area (Å²) in [5.74, 6) is 5.62. The molecule has 2 rings (SSSR count). The van der Waals surface area contributed by atoms with Gasteiger partial charge in [-0.15, -0.1) is 0 Å².